The van der Waals surface area contributed by atoms with E-state index in [1.165, 1.54) is 11.1 Å². The van der Waals surface area contributed by atoms with Crippen molar-refractivity contribution in [2.24, 2.45) is 0 Å². The van der Waals surface area contributed by atoms with Gasteiger partial charge in [-0.1, -0.05) is 41.4 Å². The Morgan fingerprint density at radius 3 is 2.52 bits per heavy atom. The Morgan fingerprint density at radius 2 is 1.86 bits per heavy atom. The van der Waals surface area contributed by atoms with Crippen molar-refractivity contribution in [1.82, 2.24) is 15.1 Å². The number of anilines is 1. The molecule has 5 heteroatoms. The van der Waals surface area contributed by atoms with E-state index in [1.807, 2.05) is 6.07 Å². The van der Waals surface area contributed by atoms with Gasteiger partial charge in [-0.15, -0.1) is 10.2 Å². The summed E-state index contributed by atoms with van der Waals surface area (Å²) >= 11 is 5.78. The van der Waals surface area contributed by atoms with Crippen LogP contribution in [0.15, 0.2) is 36.4 Å². The first-order chi connectivity index (χ1) is 10.2. The van der Waals surface area contributed by atoms with E-state index in [1.54, 1.807) is 6.07 Å². The molecule has 0 atom stereocenters. The Morgan fingerprint density at radius 1 is 1.05 bits per heavy atom. The number of hydrogen-bond donors (Lipinski definition) is 0. The highest BCUT2D eigenvalue weighted by molar-refractivity contribution is 6.29. The molecule has 0 unspecified atom stereocenters. The lowest BCUT2D eigenvalue weighted by molar-refractivity contribution is 0.249. The van der Waals surface area contributed by atoms with Crippen LogP contribution in [0.5, 0.6) is 0 Å². The summed E-state index contributed by atoms with van der Waals surface area (Å²) in [6, 6.07) is 12.5. The van der Waals surface area contributed by atoms with Gasteiger partial charge in [0.05, 0.1) is 0 Å². The number of aryl methyl sites for hydroxylation is 1. The topological polar surface area (TPSA) is 32.3 Å². The predicted octanol–water partition coefficient (Wildman–Crippen LogP) is 2.76. The molecule has 0 spiro atoms. The zero-order valence-electron chi connectivity index (χ0n) is 12.2. The number of halogens is 1. The standard InChI is InChI=1S/C16H19ClN4/c1-13-3-2-4-14(11-13)12-20-7-9-21(10-8-20)16-6-5-15(17)18-19-16/h2-6,11H,7-10,12H2,1H3. The van der Waals surface area contributed by atoms with Gasteiger partial charge in [-0.25, -0.2) is 0 Å². The van der Waals surface area contributed by atoms with Crippen LogP contribution in [-0.2, 0) is 6.54 Å². The van der Waals surface area contributed by atoms with Crippen molar-refractivity contribution in [3.05, 3.63) is 52.7 Å². The lowest BCUT2D eigenvalue weighted by Gasteiger charge is -2.35. The SMILES string of the molecule is Cc1cccc(CN2CCN(c3ccc(Cl)nn3)CC2)c1. The molecule has 21 heavy (non-hydrogen) atoms. The van der Waals surface area contributed by atoms with Crippen LogP contribution >= 0.6 is 11.6 Å². The number of benzene rings is 1. The summed E-state index contributed by atoms with van der Waals surface area (Å²) < 4.78 is 0. The summed E-state index contributed by atoms with van der Waals surface area (Å²) in [5, 5.41) is 8.50. The van der Waals surface area contributed by atoms with Crippen LogP contribution < -0.4 is 4.90 Å². The van der Waals surface area contributed by atoms with Crippen LogP contribution in [0.3, 0.4) is 0 Å². The van der Waals surface area contributed by atoms with E-state index in [0.717, 1.165) is 38.5 Å². The number of nitrogens with zero attached hydrogens (tertiary/aromatic N) is 4. The second kappa shape index (κ2) is 6.41. The maximum Gasteiger partial charge on any atom is 0.151 e. The summed E-state index contributed by atoms with van der Waals surface area (Å²) in [5.74, 6) is 0.912. The first-order valence-corrected chi connectivity index (χ1v) is 7.60. The fraction of sp³-hybridized carbons (Fsp3) is 0.375. The van der Waals surface area contributed by atoms with E-state index in [0.29, 0.717) is 5.15 Å². The van der Waals surface area contributed by atoms with E-state index >= 15 is 0 Å². The predicted molar refractivity (Wildman–Crippen MR) is 85.7 cm³/mol. The molecule has 0 bridgehead atoms. The summed E-state index contributed by atoms with van der Waals surface area (Å²) in [5.41, 5.74) is 2.71. The lowest BCUT2D eigenvalue weighted by atomic mass is 10.1. The molecule has 0 saturated carbocycles. The van der Waals surface area contributed by atoms with Crippen molar-refractivity contribution >= 4 is 17.4 Å². The highest BCUT2D eigenvalue weighted by Crippen LogP contribution is 2.16. The maximum absolute atomic E-state index is 5.78. The van der Waals surface area contributed by atoms with Crippen LogP contribution in [0.4, 0.5) is 5.82 Å². The Labute approximate surface area is 130 Å². The van der Waals surface area contributed by atoms with Gasteiger partial charge in [-0.2, -0.15) is 0 Å². The third-order valence-corrected chi connectivity index (χ3v) is 4.00. The molecule has 2 heterocycles. The summed E-state index contributed by atoms with van der Waals surface area (Å²) in [4.78, 5) is 4.74. The average Bonchev–Trinajstić information content (AvgIpc) is 2.49. The van der Waals surface area contributed by atoms with Gasteiger partial charge in [0.1, 0.15) is 0 Å². The van der Waals surface area contributed by atoms with Gasteiger partial charge >= 0.3 is 0 Å². The zero-order valence-corrected chi connectivity index (χ0v) is 12.9. The Hall–Kier alpha value is -1.65. The second-order valence-electron chi connectivity index (χ2n) is 5.47. The molecule has 1 saturated heterocycles. The van der Waals surface area contributed by atoms with Crippen LogP contribution in [0.25, 0.3) is 0 Å². The summed E-state index contributed by atoms with van der Waals surface area (Å²) in [6.45, 7) is 7.18. The summed E-state index contributed by atoms with van der Waals surface area (Å²) in [6.07, 6.45) is 0. The molecule has 0 amide bonds. The van der Waals surface area contributed by atoms with Crippen molar-refractivity contribution in [2.45, 2.75) is 13.5 Å². The quantitative estimate of drug-likeness (QED) is 0.873. The molecular formula is C16H19ClN4. The molecule has 110 valence electrons. The molecule has 1 aromatic heterocycles. The van der Waals surface area contributed by atoms with Crippen LogP contribution in [0.2, 0.25) is 5.15 Å². The van der Waals surface area contributed by atoms with Gasteiger partial charge in [-0.05, 0) is 24.6 Å². The molecule has 1 aliphatic heterocycles. The van der Waals surface area contributed by atoms with E-state index in [2.05, 4.69) is 51.2 Å². The van der Waals surface area contributed by atoms with Crippen LogP contribution in [-0.4, -0.2) is 41.3 Å². The highest BCUT2D eigenvalue weighted by Gasteiger charge is 2.18. The van der Waals surface area contributed by atoms with Crippen LogP contribution in [0.1, 0.15) is 11.1 Å². The minimum atomic E-state index is 0.442. The first kappa shape index (κ1) is 14.3. The van der Waals surface area contributed by atoms with E-state index < -0.39 is 0 Å². The summed E-state index contributed by atoms with van der Waals surface area (Å²) in [7, 11) is 0. The van der Waals surface area contributed by atoms with Crippen molar-refractivity contribution in [3.63, 3.8) is 0 Å². The van der Waals surface area contributed by atoms with Gasteiger partial charge in [0.25, 0.3) is 0 Å². The number of hydrogen-bond acceptors (Lipinski definition) is 4. The molecule has 1 aliphatic rings. The minimum Gasteiger partial charge on any atom is -0.353 e. The number of aromatic nitrogens is 2. The Kier molecular flexibility index (Phi) is 4.36. The largest absolute Gasteiger partial charge is 0.353 e. The second-order valence-corrected chi connectivity index (χ2v) is 5.85. The van der Waals surface area contributed by atoms with Crippen molar-refractivity contribution in [3.8, 4) is 0 Å². The molecule has 2 aromatic rings. The van der Waals surface area contributed by atoms with Gasteiger partial charge < -0.3 is 4.90 Å². The molecule has 0 radical (unpaired) electrons. The smallest absolute Gasteiger partial charge is 0.151 e. The number of piperazine rings is 1. The van der Waals surface area contributed by atoms with Gasteiger partial charge in [0, 0.05) is 32.7 Å². The van der Waals surface area contributed by atoms with Crippen molar-refractivity contribution in [2.75, 3.05) is 31.1 Å². The molecular weight excluding hydrogens is 284 g/mol. The monoisotopic (exact) mass is 302 g/mol. The van der Waals surface area contributed by atoms with Gasteiger partial charge in [-0.3, -0.25) is 4.90 Å². The van der Waals surface area contributed by atoms with Crippen molar-refractivity contribution < 1.29 is 0 Å². The normalized spacial score (nSPS) is 16.2. The fourth-order valence-electron chi connectivity index (χ4n) is 2.68. The molecule has 0 aliphatic carbocycles. The molecule has 0 N–H and O–H groups in total. The molecule has 3 rings (SSSR count). The van der Waals surface area contributed by atoms with Gasteiger partial charge in [0.15, 0.2) is 11.0 Å². The van der Waals surface area contributed by atoms with E-state index in [9.17, 15) is 0 Å². The Bertz CT molecular complexity index is 591. The highest BCUT2D eigenvalue weighted by atomic mass is 35.5. The van der Waals surface area contributed by atoms with Crippen molar-refractivity contribution in [1.29, 1.82) is 0 Å². The third-order valence-electron chi connectivity index (χ3n) is 3.80. The van der Waals surface area contributed by atoms with Crippen LogP contribution in [0, 0.1) is 6.92 Å². The minimum absolute atomic E-state index is 0.442. The van der Waals surface area contributed by atoms with Gasteiger partial charge in [0.2, 0.25) is 0 Å². The number of rotatable bonds is 3. The fourth-order valence-corrected chi connectivity index (χ4v) is 2.78. The molecule has 1 fully saturated rings. The first-order valence-electron chi connectivity index (χ1n) is 7.23. The van der Waals surface area contributed by atoms with E-state index in [-0.39, 0.29) is 0 Å². The molecule has 4 nitrogen and oxygen atoms in total. The zero-order chi connectivity index (χ0) is 14.7. The van der Waals surface area contributed by atoms with E-state index in [4.69, 9.17) is 11.6 Å². The average molecular weight is 303 g/mol. The third kappa shape index (κ3) is 3.71. The lowest BCUT2D eigenvalue weighted by Crippen LogP contribution is -2.46. The Balaban J connectivity index is 1.56. The maximum atomic E-state index is 5.78. The molecule has 1 aromatic carbocycles.